The first kappa shape index (κ1) is 14.4. The topological polar surface area (TPSA) is 93.1 Å². The minimum Gasteiger partial charge on any atom is -0.486 e. The largest absolute Gasteiger partial charge is 0.486 e. The summed E-state index contributed by atoms with van der Waals surface area (Å²) >= 11 is 0. The van der Waals surface area contributed by atoms with Crippen LogP contribution in [0, 0.1) is 0 Å². The van der Waals surface area contributed by atoms with Gasteiger partial charge in [0.15, 0.2) is 28.2 Å². The van der Waals surface area contributed by atoms with E-state index in [1.54, 1.807) is 6.07 Å². The minimum atomic E-state index is -0.0960. The Hall–Kier alpha value is -3.74. The van der Waals surface area contributed by atoms with Crippen molar-refractivity contribution < 1.29 is 13.9 Å². The van der Waals surface area contributed by atoms with Crippen LogP contribution >= 0.6 is 0 Å². The molecule has 7 heteroatoms. The van der Waals surface area contributed by atoms with Gasteiger partial charge in [0.25, 0.3) is 0 Å². The predicted octanol–water partition coefficient (Wildman–Crippen LogP) is 3.59. The number of ether oxygens (including phenoxy) is 2. The Bertz CT molecular complexity index is 1410. The molecule has 0 bridgehead atoms. The van der Waals surface area contributed by atoms with Crippen molar-refractivity contribution in [2.75, 3.05) is 13.2 Å². The van der Waals surface area contributed by atoms with Crippen LogP contribution in [0.3, 0.4) is 0 Å². The van der Waals surface area contributed by atoms with Crippen LogP contribution in [-0.2, 0) is 0 Å². The quantitative estimate of drug-likeness (QED) is 0.477. The molecule has 5 aromatic rings. The standard InChI is InChI=1S/C20H13N3O4/c24-11-2-3-12-15(8-11)27-19-17(13-9-21-23-20(13)22-18(12)19)10-1-4-14-16(7-10)26-6-5-25-14/h1-4,7-9H,5-6H2,(H2,21,22,23). The molecule has 2 N–H and O–H groups in total. The lowest BCUT2D eigenvalue weighted by Gasteiger charge is -2.19. The van der Waals surface area contributed by atoms with E-state index in [9.17, 15) is 4.79 Å². The van der Waals surface area contributed by atoms with Gasteiger partial charge in [0.2, 0.25) is 0 Å². The zero-order chi connectivity index (χ0) is 18.0. The van der Waals surface area contributed by atoms with Crippen LogP contribution < -0.4 is 14.9 Å². The molecule has 1 aliphatic heterocycles. The summed E-state index contributed by atoms with van der Waals surface area (Å²) in [4.78, 5) is 16.4. The third-order valence-corrected chi connectivity index (χ3v) is 4.85. The van der Waals surface area contributed by atoms with Gasteiger partial charge in [-0.3, -0.25) is 9.89 Å². The normalized spacial score (nSPS) is 13.6. The third kappa shape index (κ3) is 2.02. The van der Waals surface area contributed by atoms with Gasteiger partial charge in [-0.15, -0.1) is 0 Å². The van der Waals surface area contributed by atoms with Gasteiger partial charge in [-0.05, 0) is 29.8 Å². The lowest BCUT2D eigenvalue weighted by atomic mass is 10.0. The fourth-order valence-corrected chi connectivity index (χ4v) is 3.65. The van der Waals surface area contributed by atoms with Crippen LogP contribution in [0.25, 0.3) is 44.2 Å². The number of aromatic amines is 2. The van der Waals surface area contributed by atoms with E-state index in [0.717, 1.165) is 27.6 Å². The number of pyridine rings is 1. The van der Waals surface area contributed by atoms with Crippen LogP contribution in [-0.4, -0.2) is 28.4 Å². The van der Waals surface area contributed by atoms with Crippen LogP contribution in [0.1, 0.15) is 0 Å². The van der Waals surface area contributed by atoms with E-state index in [0.29, 0.717) is 41.3 Å². The molecule has 1 aliphatic rings. The van der Waals surface area contributed by atoms with Gasteiger partial charge in [-0.2, -0.15) is 0 Å². The zero-order valence-corrected chi connectivity index (χ0v) is 14.0. The van der Waals surface area contributed by atoms with Crippen molar-refractivity contribution in [2.45, 2.75) is 0 Å². The summed E-state index contributed by atoms with van der Waals surface area (Å²) in [5.41, 5.74) is 4.29. The van der Waals surface area contributed by atoms with E-state index in [4.69, 9.17) is 18.9 Å². The maximum Gasteiger partial charge on any atom is 0.182 e. The SMILES string of the molecule is O=c1ccc2c(c1)oc1c(-c3ccc4c(c3)OCCO4)c3c[nH][nH]c3nc12. The van der Waals surface area contributed by atoms with Gasteiger partial charge in [0.05, 0.1) is 0 Å². The molecular weight excluding hydrogens is 346 g/mol. The van der Waals surface area contributed by atoms with E-state index in [1.807, 2.05) is 24.4 Å². The summed E-state index contributed by atoms with van der Waals surface area (Å²) < 4.78 is 17.4. The van der Waals surface area contributed by atoms with E-state index in [2.05, 4.69) is 10.2 Å². The van der Waals surface area contributed by atoms with E-state index >= 15 is 0 Å². The number of hydrogen-bond acceptors (Lipinski definition) is 5. The van der Waals surface area contributed by atoms with E-state index < -0.39 is 0 Å². The first-order valence-corrected chi connectivity index (χ1v) is 8.60. The van der Waals surface area contributed by atoms with Crippen LogP contribution in [0.5, 0.6) is 11.5 Å². The summed E-state index contributed by atoms with van der Waals surface area (Å²) in [6.45, 7) is 1.07. The molecule has 0 saturated carbocycles. The fourth-order valence-electron chi connectivity index (χ4n) is 3.65. The number of rotatable bonds is 1. The molecule has 0 radical (unpaired) electrons. The molecular formula is C20H13N3O4. The molecule has 27 heavy (non-hydrogen) atoms. The summed E-state index contributed by atoms with van der Waals surface area (Å²) in [7, 11) is 0. The molecule has 0 saturated heterocycles. The van der Waals surface area contributed by atoms with Crippen molar-refractivity contribution in [3.05, 3.63) is 52.8 Å². The molecule has 2 aromatic carbocycles. The van der Waals surface area contributed by atoms with Gasteiger partial charge in [0, 0.05) is 28.6 Å². The van der Waals surface area contributed by atoms with Crippen molar-refractivity contribution in [1.82, 2.24) is 15.2 Å². The third-order valence-electron chi connectivity index (χ3n) is 4.85. The van der Waals surface area contributed by atoms with Crippen LogP contribution in [0.4, 0.5) is 0 Å². The van der Waals surface area contributed by atoms with Gasteiger partial charge in [-0.1, -0.05) is 6.07 Å². The molecule has 0 amide bonds. The van der Waals surface area contributed by atoms with Crippen LogP contribution in [0.2, 0.25) is 0 Å². The van der Waals surface area contributed by atoms with Crippen molar-refractivity contribution in [2.24, 2.45) is 0 Å². The number of furan rings is 1. The van der Waals surface area contributed by atoms with Crippen LogP contribution in [0.15, 0.2) is 51.8 Å². The summed E-state index contributed by atoms with van der Waals surface area (Å²) in [6, 6.07) is 10.6. The van der Waals surface area contributed by atoms with Gasteiger partial charge in [-0.25, -0.2) is 4.98 Å². The highest BCUT2D eigenvalue weighted by molar-refractivity contribution is 6.14. The molecule has 0 fully saturated rings. The average molecular weight is 359 g/mol. The first-order valence-electron chi connectivity index (χ1n) is 8.60. The summed E-state index contributed by atoms with van der Waals surface area (Å²) in [6.07, 6.45) is 1.85. The fraction of sp³-hybridized carbons (Fsp3) is 0.100. The second kappa shape index (κ2) is 5.14. The Kier molecular flexibility index (Phi) is 2.75. The number of hydrogen-bond donors (Lipinski definition) is 2. The Morgan fingerprint density at radius 1 is 0.963 bits per heavy atom. The summed E-state index contributed by atoms with van der Waals surface area (Å²) in [5, 5.41) is 7.75. The first-order chi connectivity index (χ1) is 13.3. The Labute approximate surface area is 151 Å². The molecule has 6 rings (SSSR count). The number of nitrogens with zero attached hydrogens (tertiary/aromatic N) is 1. The molecule has 7 nitrogen and oxygen atoms in total. The lowest BCUT2D eigenvalue weighted by molar-refractivity contribution is 0.171. The highest BCUT2D eigenvalue weighted by Gasteiger charge is 2.20. The van der Waals surface area contributed by atoms with Crippen molar-refractivity contribution in [3.8, 4) is 22.6 Å². The van der Waals surface area contributed by atoms with Gasteiger partial charge >= 0.3 is 0 Å². The van der Waals surface area contributed by atoms with E-state index in [-0.39, 0.29) is 5.43 Å². The van der Waals surface area contributed by atoms with Crippen molar-refractivity contribution >= 4 is 33.1 Å². The average Bonchev–Trinajstić information content (AvgIpc) is 3.29. The monoisotopic (exact) mass is 359 g/mol. The molecule has 0 unspecified atom stereocenters. The second-order valence-corrected chi connectivity index (χ2v) is 6.46. The number of H-pyrrole nitrogens is 2. The van der Waals surface area contributed by atoms with Crippen molar-refractivity contribution in [1.29, 1.82) is 0 Å². The molecule has 0 spiro atoms. The predicted molar refractivity (Wildman–Crippen MR) is 100 cm³/mol. The number of aromatic nitrogens is 3. The number of nitrogens with one attached hydrogen (secondary N) is 2. The Morgan fingerprint density at radius 3 is 2.78 bits per heavy atom. The number of fused-ring (bicyclic) bond motifs is 5. The maximum absolute atomic E-state index is 11.7. The minimum absolute atomic E-state index is 0.0960. The van der Waals surface area contributed by atoms with Gasteiger partial charge in [0.1, 0.15) is 24.3 Å². The van der Waals surface area contributed by atoms with E-state index in [1.165, 1.54) is 12.1 Å². The molecule has 4 heterocycles. The maximum atomic E-state index is 11.7. The van der Waals surface area contributed by atoms with Crippen molar-refractivity contribution in [3.63, 3.8) is 0 Å². The smallest absolute Gasteiger partial charge is 0.182 e. The van der Waals surface area contributed by atoms with Gasteiger partial charge < -0.3 is 19.0 Å². The number of benzene rings is 2. The highest BCUT2D eigenvalue weighted by Crippen LogP contribution is 2.41. The molecule has 132 valence electrons. The lowest BCUT2D eigenvalue weighted by Crippen LogP contribution is -2.15. The Balaban J connectivity index is 1.74. The second-order valence-electron chi connectivity index (χ2n) is 6.46. The molecule has 0 atom stereocenters. The Morgan fingerprint density at radius 2 is 1.85 bits per heavy atom. The highest BCUT2D eigenvalue weighted by atomic mass is 16.6. The molecule has 3 aromatic heterocycles. The molecule has 0 aliphatic carbocycles. The zero-order valence-electron chi connectivity index (χ0n) is 14.0. The summed E-state index contributed by atoms with van der Waals surface area (Å²) in [5.74, 6) is 1.43.